The number of rotatable bonds is 3. The number of aliphatic imine (C=N–C) groups is 1. The molecule has 0 bridgehead atoms. The molecule has 1 rings (SSSR count). The van der Waals surface area contributed by atoms with Crippen molar-refractivity contribution in [1.29, 1.82) is 0 Å². The molecule has 0 aliphatic heterocycles. The Bertz CT molecular complexity index is 490. The van der Waals surface area contributed by atoms with Crippen molar-refractivity contribution < 1.29 is 13.2 Å². The minimum absolute atomic E-state index is 0.000986. The lowest BCUT2D eigenvalue weighted by molar-refractivity contribution is -0.138. The Balaban J connectivity index is 3.40. The minimum atomic E-state index is -4.38. The van der Waals surface area contributed by atoms with Crippen molar-refractivity contribution in [1.82, 2.24) is 0 Å². The highest BCUT2D eigenvalue weighted by atomic mass is 79.9. The molecule has 1 nitrogen and oxygen atoms in total. The molecule has 0 radical (unpaired) electrons. The van der Waals surface area contributed by atoms with E-state index in [0.29, 0.717) is 17.7 Å². The van der Waals surface area contributed by atoms with Crippen molar-refractivity contribution in [3.63, 3.8) is 0 Å². The second-order valence-corrected chi connectivity index (χ2v) is 4.83. The van der Waals surface area contributed by atoms with Gasteiger partial charge in [-0.3, -0.25) is 4.99 Å². The maximum atomic E-state index is 12.8. The molecular formula is C13H13BrF3N. The largest absolute Gasteiger partial charge is 0.417 e. The van der Waals surface area contributed by atoms with Gasteiger partial charge < -0.3 is 0 Å². The summed E-state index contributed by atoms with van der Waals surface area (Å²) in [6.45, 7) is 7.21. The average molecular weight is 320 g/mol. The summed E-state index contributed by atoms with van der Waals surface area (Å²) in [5, 5.41) is 0. The van der Waals surface area contributed by atoms with Gasteiger partial charge >= 0.3 is 6.18 Å². The summed E-state index contributed by atoms with van der Waals surface area (Å²) in [5.41, 5.74) is 1.16. The Morgan fingerprint density at radius 1 is 1.44 bits per heavy atom. The van der Waals surface area contributed by atoms with Gasteiger partial charge in [0.1, 0.15) is 0 Å². The summed E-state index contributed by atoms with van der Waals surface area (Å²) >= 11 is 2.94. The highest BCUT2D eigenvalue weighted by Gasteiger charge is 2.33. The molecule has 0 N–H and O–H groups in total. The SMILES string of the molecule is C=C(C)Cc1cc(C(F)(F)F)c(Br)cc1/N=C\C. The van der Waals surface area contributed by atoms with Gasteiger partial charge in [0.05, 0.1) is 11.3 Å². The van der Waals surface area contributed by atoms with E-state index in [1.807, 2.05) is 0 Å². The summed E-state index contributed by atoms with van der Waals surface area (Å²) in [7, 11) is 0. The Morgan fingerprint density at radius 2 is 2.06 bits per heavy atom. The van der Waals surface area contributed by atoms with Crippen LogP contribution in [-0.2, 0) is 12.6 Å². The summed E-state index contributed by atoms with van der Waals surface area (Å²) < 4.78 is 38.4. The van der Waals surface area contributed by atoms with Crippen LogP contribution < -0.4 is 0 Å². The summed E-state index contributed by atoms with van der Waals surface area (Å²) in [4.78, 5) is 4.08. The smallest absolute Gasteiger partial charge is 0.261 e. The number of benzene rings is 1. The van der Waals surface area contributed by atoms with Gasteiger partial charge in [-0.15, -0.1) is 0 Å². The van der Waals surface area contributed by atoms with Crippen molar-refractivity contribution in [2.75, 3.05) is 0 Å². The molecule has 0 aliphatic carbocycles. The lowest BCUT2D eigenvalue weighted by atomic mass is 10.0. The quantitative estimate of drug-likeness (QED) is 0.529. The van der Waals surface area contributed by atoms with E-state index < -0.39 is 11.7 Å². The van der Waals surface area contributed by atoms with Crippen LogP contribution in [0.4, 0.5) is 18.9 Å². The van der Waals surface area contributed by atoms with Crippen LogP contribution >= 0.6 is 15.9 Å². The predicted molar refractivity (Wildman–Crippen MR) is 71.5 cm³/mol. The molecule has 0 atom stereocenters. The first-order valence-electron chi connectivity index (χ1n) is 5.28. The van der Waals surface area contributed by atoms with Gasteiger partial charge in [0.25, 0.3) is 0 Å². The van der Waals surface area contributed by atoms with Crippen molar-refractivity contribution in [3.8, 4) is 0 Å². The third-order valence-corrected chi connectivity index (χ3v) is 2.89. The maximum Gasteiger partial charge on any atom is 0.417 e. The van der Waals surface area contributed by atoms with E-state index in [-0.39, 0.29) is 4.47 Å². The van der Waals surface area contributed by atoms with E-state index in [4.69, 9.17) is 0 Å². The van der Waals surface area contributed by atoms with E-state index >= 15 is 0 Å². The van der Waals surface area contributed by atoms with Crippen molar-refractivity contribution in [2.24, 2.45) is 4.99 Å². The fraction of sp³-hybridized carbons (Fsp3) is 0.308. The van der Waals surface area contributed by atoms with Gasteiger partial charge in [0.15, 0.2) is 0 Å². The first-order chi connectivity index (χ1) is 8.25. The number of nitrogens with zero attached hydrogens (tertiary/aromatic N) is 1. The van der Waals surface area contributed by atoms with Crippen LogP contribution in [0.15, 0.2) is 33.7 Å². The highest BCUT2D eigenvalue weighted by Crippen LogP contribution is 2.39. The summed E-state index contributed by atoms with van der Waals surface area (Å²) in [5.74, 6) is 0. The predicted octanol–water partition coefficient (Wildman–Crippen LogP) is 5.31. The molecule has 0 aliphatic rings. The molecule has 0 saturated carbocycles. The van der Waals surface area contributed by atoms with Crippen molar-refractivity contribution in [2.45, 2.75) is 26.4 Å². The Labute approximate surface area is 113 Å². The molecule has 0 amide bonds. The standard InChI is InChI=1S/C13H13BrF3N/c1-4-18-12-7-11(14)10(13(15,16)17)6-9(12)5-8(2)3/h4,6-7H,2,5H2,1,3H3/b18-4-. The summed E-state index contributed by atoms with van der Waals surface area (Å²) in [6.07, 6.45) is -2.45. The molecule has 5 heteroatoms. The molecule has 1 aromatic carbocycles. The van der Waals surface area contributed by atoms with Crippen molar-refractivity contribution in [3.05, 3.63) is 39.9 Å². The zero-order chi connectivity index (χ0) is 13.9. The molecule has 0 unspecified atom stereocenters. The lowest BCUT2D eigenvalue weighted by Crippen LogP contribution is -2.07. The topological polar surface area (TPSA) is 12.4 Å². The zero-order valence-corrected chi connectivity index (χ0v) is 11.7. The Kier molecular flexibility index (Phi) is 4.73. The second-order valence-electron chi connectivity index (χ2n) is 3.98. The first kappa shape index (κ1) is 15.0. The monoisotopic (exact) mass is 319 g/mol. The fourth-order valence-corrected chi connectivity index (χ4v) is 2.11. The second kappa shape index (κ2) is 5.69. The van der Waals surface area contributed by atoms with E-state index in [2.05, 4.69) is 27.5 Å². The van der Waals surface area contributed by atoms with Crippen LogP contribution in [0.1, 0.15) is 25.0 Å². The van der Waals surface area contributed by atoms with Gasteiger partial charge in [-0.25, -0.2) is 0 Å². The normalized spacial score (nSPS) is 12.1. The molecule has 1 aromatic rings. The average Bonchev–Trinajstić information content (AvgIpc) is 2.19. The fourth-order valence-electron chi connectivity index (χ4n) is 1.55. The minimum Gasteiger partial charge on any atom is -0.261 e. The highest BCUT2D eigenvalue weighted by molar-refractivity contribution is 9.10. The van der Waals surface area contributed by atoms with Crippen LogP contribution in [-0.4, -0.2) is 6.21 Å². The van der Waals surface area contributed by atoms with Crippen molar-refractivity contribution >= 4 is 27.8 Å². The number of hydrogen-bond donors (Lipinski definition) is 0. The molecule has 0 aromatic heterocycles. The molecule has 0 fully saturated rings. The van der Waals surface area contributed by atoms with Crippen LogP contribution in [0, 0.1) is 0 Å². The first-order valence-corrected chi connectivity index (χ1v) is 6.07. The van der Waals surface area contributed by atoms with Gasteiger partial charge in [0.2, 0.25) is 0 Å². The van der Waals surface area contributed by atoms with Crippen LogP contribution in [0.3, 0.4) is 0 Å². The van der Waals surface area contributed by atoms with E-state index in [1.54, 1.807) is 20.1 Å². The Morgan fingerprint density at radius 3 is 2.50 bits per heavy atom. The van der Waals surface area contributed by atoms with Gasteiger partial charge in [-0.05, 0) is 38.0 Å². The van der Waals surface area contributed by atoms with Gasteiger partial charge in [-0.2, -0.15) is 13.2 Å². The van der Waals surface area contributed by atoms with E-state index in [0.717, 1.165) is 11.6 Å². The Hall–Kier alpha value is -1.10. The molecule has 0 heterocycles. The van der Waals surface area contributed by atoms with E-state index in [1.165, 1.54) is 6.07 Å². The van der Waals surface area contributed by atoms with Crippen LogP contribution in [0.2, 0.25) is 0 Å². The van der Waals surface area contributed by atoms with E-state index in [9.17, 15) is 13.2 Å². The third kappa shape index (κ3) is 3.70. The van der Waals surface area contributed by atoms with Crippen LogP contribution in [0.5, 0.6) is 0 Å². The molecule has 98 valence electrons. The molecular weight excluding hydrogens is 307 g/mol. The number of alkyl halides is 3. The lowest BCUT2D eigenvalue weighted by Gasteiger charge is -2.13. The number of hydrogen-bond acceptors (Lipinski definition) is 1. The van der Waals surface area contributed by atoms with Gasteiger partial charge in [-0.1, -0.05) is 28.1 Å². The van der Waals surface area contributed by atoms with Gasteiger partial charge in [0, 0.05) is 10.7 Å². The third-order valence-electron chi connectivity index (χ3n) is 2.23. The molecule has 18 heavy (non-hydrogen) atoms. The number of allylic oxidation sites excluding steroid dienone is 1. The van der Waals surface area contributed by atoms with Crippen LogP contribution in [0.25, 0.3) is 0 Å². The molecule has 0 spiro atoms. The number of halogens is 4. The summed E-state index contributed by atoms with van der Waals surface area (Å²) in [6, 6.07) is 2.52. The maximum absolute atomic E-state index is 12.8. The zero-order valence-electron chi connectivity index (χ0n) is 10.1. The molecule has 0 saturated heterocycles.